The predicted molar refractivity (Wildman–Crippen MR) is 105 cm³/mol. The summed E-state index contributed by atoms with van der Waals surface area (Å²) in [4.78, 5) is 36.1. The zero-order valence-electron chi connectivity index (χ0n) is 16.3. The lowest BCUT2D eigenvalue weighted by Gasteiger charge is -2.14. The van der Waals surface area contributed by atoms with Crippen LogP contribution in [0.1, 0.15) is 49.0 Å². The Kier molecular flexibility index (Phi) is 8.00. The largest absolute Gasteiger partial charge is 0.453 e. The summed E-state index contributed by atoms with van der Waals surface area (Å²) in [6.45, 7) is 3.39. The average Bonchev–Trinajstić information content (AvgIpc) is 2.69. The van der Waals surface area contributed by atoms with Crippen LogP contribution in [0.4, 0.5) is 14.5 Å². The molecule has 0 unspecified atom stereocenters. The Bertz CT molecular complexity index is 881. The number of nitrogens with one attached hydrogen (secondary N) is 1. The Labute approximate surface area is 168 Å². The molecule has 0 saturated carbocycles. The Balaban J connectivity index is 1.81. The van der Waals surface area contributed by atoms with Gasteiger partial charge in [0.05, 0.1) is 12.1 Å². The van der Waals surface area contributed by atoms with Crippen molar-refractivity contribution in [2.24, 2.45) is 0 Å². The fourth-order valence-corrected chi connectivity index (χ4v) is 2.64. The van der Waals surface area contributed by atoms with Gasteiger partial charge >= 0.3 is 5.97 Å². The molecule has 2 aromatic carbocycles. The molecule has 1 atom stereocenters. The second-order valence-electron chi connectivity index (χ2n) is 6.62. The van der Waals surface area contributed by atoms with Crippen molar-refractivity contribution in [1.29, 1.82) is 0 Å². The van der Waals surface area contributed by atoms with Gasteiger partial charge < -0.3 is 10.1 Å². The molecule has 0 radical (unpaired) electrons. The first-order valence-electron chi connectivity index (χ1n) is 9.37. The Morgan fingerprint density at radius 1 is 1.03 bits per heavy atom. The van der Waals surface area contributed by atoms with E-state index in [4.69, 9.17) is 4.74 Å². The first-order valence-corrected chi connectivity index (χ1v) is 9.37. The molecule has 0 spiro atoms. The monoisotopic (exact) mass is 403 g/mol. The van der Waals surface area contributed by atoms with Crippen LogP contribution in [-0.4, -0.2) is 23.8 Å². The van der Waals surface area contributed by atoms with Crippen LogP contribution >= 0.6 is 0 Å². The number of carbonyl (C=O) groups excluding carboxylic acids is 3. The predicted octanol–water partition coefficient (Wildman–Crippen LogP) is 4.45. The van der Waals surface area contributed by atoms with Crippen molar-refractivity contribution in [3.8, 4) is 0 Å². The van der Waals surface area contributed by atoms with Crippen molar-refractivity contribution in [1.82, 2.24) is 0 Å². The van der Waals surface area contributed by atoms with Crippen LogP contribution in [0, 0.1) is 11.6 Å². The summed E-state index contributed by atoms with van der Waals surface area (Å²) in [7, 11) is 0. The second-order valence-corrected chi connectivity index (χ2v) is 6.62. The Morgan fingerprint density at radius 2 is 1.72 bits per heavy atom. The molecule has 0 aliphatic rings. The third kappa shape index (κ3) is 6.78. The highest BCUT2D eigenvalue weighted by molar-refractivity contribution is 5.98. The fourth-order valence-electron chi connectivity index (χ4n) is 2.64. The second kappa shape index (κ2) is 10.5. The fraction of sp³-hybridized carbons (Fsp3) is 0.318. The van der Waals surface area contributed by atoms with Gasteiger partial charge in [0.15, 0.2) is 11.9 Å². The number of rotatable bonds is 9. The molecule has 0 aromatic heterocycles. The molecule has 0 bridgehead atoms. The standard InChI is InChI=1S/C22H23F2NO4/c1-3-4-15-5-7-16(8-6-15)20(26)11-12-21(27)29-14(2)22(28)25-19-10-9-17(23)13-18(19)24/h5-10,13-14H,3-4,11-12H2,1-2H3,(H,25,28)/t14-/m1/s1. The van der Waals surface area contributed by atoms with E-state index < -0.39 is 29.6 Å². The molecule has 154 valence electrons. The third-order valence-corrected chi connectivity index (χ3v) is 4.24. The van der Waals surface area contributed by atoms with Crippen molar-refractivity contribution >= 4 is 23.3 Å². The summed E-state index contributed by atoms with van der Waals surface area (Å²) >= 11 is 0. The molecule has 0 fully saturated rings. The minimum absolute atomic E-state index is 0.0487. The van der Waals surface area contributed by atoms with Gasteiger partial charge in [-0.3, -0.25) is 14.4 Å². The first-order chi connectivity index (χ1) is 13.8. The van der Waals surface area contributed by atoms with Crippen molar-refractivity contribution in [3.05, 3.63) is 65.2 Å². The van der Waals surface area contributed by atoms with Crippen LogP contribution in [0.25, 0.3) is 0 Å². The molecule has 1 N–H and O–H groups in total. The summed E-state index contributed by atoms with van der Waals surface area (Å²) < 4.78 is 31.5. The number of benzene rings is 2. The topological polar surface area (TPSA) is 72.5 Å². The zero-order valence-corrected chi connectivity index (χ0v) is 16.3. The lowest BCUT2D eigenvalue weighted by molar-refractivity contribution is -0.153. The number of halogens is 2. The summed E-state index contributed by atoms with van der Waals surface area (Å²) in [6, 6.07) is 9.92. The van der Waals surface area contributed by atoms with E-state index >= 15 is 0 Å². The number of aryl methyl sites for hydroxylation is 1. The number of esters is 1. The van der Waals surface area contributed by atoms with Crippen LogP contribution in [0.5, 0.6) is 0 Å². The zero-order chi connectivity index (χ0) is 21.4. The molecule has 0 heterocycles. The average molecular weight is 403 g/mol. The van der Waals surface area contributed by atoms with Gasteiger partial charge in [0.1, 0.15) is 11.6 Å². The van der Waals surface area contributed by atoms with Crippen molar-refractivity contribution in [2.45, 2.75) is 45.6 Å². The number of amides is 1. The van der Waals surface area contributed by atoms with E-state index in [1.54, 1.807) is 12.1 Å². The van der Waals surface area contributed by atoms with E-state index in [1.165, 1.54) is 6.92 Å². The molecule has 7 heteroatoms. The van der Waals surface area contributed by atoms with Gasteiger partial charge in [0.25, 0.3) is 5.91 Å². The number of hydrogen-bond acceptors (Lipinski definition) is 4. The number of carbonyl (C=O) groups is 3. The molecule has 0 aliphatic heterocycles. The number of Topliss-reactive ketones (excluding diaryl/α,β-unsaturated/α-hetero) is 1. The molecule has 0 saturated heterocycles. The SMILES string of the molecule is CCCc1ccc(C(=O)CCC(=O)O[C@H](C)C(=O)Nc2ccc(F)cc2F)cc1. The lowest BCUT2D eigenvalue weighted by Crippen LogP contribution is -2.30. The molecule has 29 heavy (non-hydrogen) atoms. The quantitative estimate of drug-likeness (QED) is 0.496. The Hall–Kier alpha value is -3.09. The summed E-state index contributed by atoms with van der Waals surface area (Å²) in [5.41, 5.74) is 1.43. The number of ketones is 1. The number of anilines is 1. The van der Waals surface area contributed by atoms with Gasteiger partial charge in [-0.15, -0.1) is 0 Å². The van der Waals surface area contributed by atoms with Gasteiger partial charge in [-0.05, 0) is 31.0 Å². The first kappa shape index (κ1) is 22.2. The maximum Gasteiger partial charge on any atom is 0.307 e. The minimum Gasteiger partial charge on any atom is -0.453 e. The van der Waals surface area contributed by atoms with Gasteiger partial charge in [-0.2, -0.15) is 0 Å². The van der Waals surface area contributed by atoms with Crippen molar-refractivity contribution < 1.29 is 27.9 Å². The molecule has 1 amide bonds. The van der Waals surface area contributed by atoms with Gasteiger partial charge in [0, 0.05) is 18.1 Å². The van der Waals surface area contributed by atoms with Crippen LogP contribution in [-0.2, 0) is 20.7 Å². The number of ether oxygens (including phenoxy) is 1. The smallest absolute Gasteiger partial charge is 0.307 e. The highest BCUT2D eigenvalue weighted by atomic mass is 19.1. The van der Waals surface area contributed by atoms with E-state index in [2.05, 4.69) is 12.2 Å². The highest BCUT2D eigenvalue weighted by Crippen LogP contribution is 2.16. The van der Waals surface area contributed by atoms with E-state index in [0.29, 0.717) is 11.6 Å². The van der Waals surface area contributed by atoms with E-state index in [0.717, 1.165) is 30.5 Å². The maximum atomic E-state index is 13.6. The Morgan fingerprint density at radius 3 is 2.34 bits per heavy atom. The molecule has 2 rings (SSSR count). The van der Waals surface area contributed by atoms with Crippen molar-refractivity contribution in [3.63, 3.8) is 0 Å². The third-order valence-electron chi connectivity index (χ3n) is 4.24. The minimum atomic E-state index is -1.20. The molecule has 5 nitrogen and oxygen atoms in total. The lowest BCUT2D eigenvalue weighted by atomic mass is 10.0. The van der Waals surface area contributed by atoms with Crippen LogP contribution in [0.15, 0.2) is 42.5 Å². The summed E-state index contributed by atoms with van der Waals surface area (Å²) in [5.74, 6) is -3.39. The van der Waals surface area contributed by atoms with Gasteiger partial charge in [0.2, 0.25) is 0 Å². The summed E-state index contributed by atoms with van der Waals surface area (Å²) in [5, 5.41) is 2.22. The molecule has 2 aromatic rings. The molecular formula is C22H23F2NO4. The van der Waals surface area contributed by atoms with E-state index in [9.17, 15) is 23.2 Å². The summed E-state index contributed by atoms with van der Waals surface area (Å²) in [6.07, 6.45) is 0.516. The molecular weight excluding hydrogens is 380 g/mol. The van der Waals surface area contributed by atoms with Crippen LogP contribution < -0.4 is 5.32 Å². The van der Waals surface area contributed by atoms with E-state index in [1.807, 2.05) is 12.1 Å². The van der Waals surface area contributed by atoms with Crippen LogP contribution in [0.3, 0.4) is 0 Å². The van der Waals surface area contributed by atoms with Gasteiger partial charge in [-0.1, -0.05) is 37.6 Å². The van der Waals surface area contributed by atoms with Crippen LogP contribution in [0.2, 0.25) is 0 Å². The highest BCUT2D eigenvalue weighted by Gasteiger charge is 2.20. The maximum absolute atomic E-state index is 13.6. The molecule has 0 aliphatic carbocycles. The number of hydrogen-bond donors (Lipinski definition) is 1. The van der Waals surface area contributed by atoms with Crippen molar-refractivity contribution in [2.75, 3.05) is 5.32 Å². The van der Waals surface area contributed by atoms with E-state index in [-0.39, 0.29) is 24.3 Å². The van der Waals surface area contributed by atoms with Gasteiger partial charge in [-0.25, -0.2) is 8.78 Å². The normalized spacial score (nSPS) is 11.6.